The maximum atomic E-state index is 11.2. The lowest BCUT2D eigenvalue weighted by Gasteiger charge is -2.32. The molecular weight excluding hydrogens is 264 g/mol. The van der Waals surface area contributed by atoms with Gasteiger partial charge in [0, 0.05) is 0 Å². The third-order valence-corrected chi connectivity index (χ3v) is 4.58. The van der Waals surface area contributed by atoms with E-state index >= 15 is 0 Å². The van der Waals surface area contributed by atoms with Crippen molar-refractivity contribution in [1.29, 1.82) is 0 Å². The molecule has 2 aromatic carbocycles. The highest BCUT2D eigenvalue weighted by Gasteiger charge is 2.43. The zero-order chi connectivity index (χ0) is 15.0. The van der Waals surface area contributed by atoms with Crippen molar-refractivity contribution >= 4 is 10.8 Å². The summed E-state index contributed by atoms with van der Waals surface area (Å²) in [5.41, 5.74) is 0.572. The van der Waals surface area contributed by atoms with Crippen LogP contribution in [0, 0.1) is 4.91 Å². The van der Waals surface area contributed by atoms with E-state index in [1.807, 2.05) is 56.3 Å². The standard InChI is InChI=1S/C17H20N2O2/c1-17(2)11-10-15(19(17)18-21)16(20)14-9-5-7-12-6-3-4-8-13(12)14/h3-9,15-16,20H,10-11H2,1-2H3. The minimum atomic E-state index is -0.712. The van der Waals surface area contributed by atoms with Crippen LogP contribution >= 0.6 is 0 Å². The van der Waals surface area contributed by atoms with E-state index in [0.29, 0.717) is 0 Å². The molecule has 0 aromatic heterocycles. The van der Waals surface area contributed by atoms with Gasteiger partial charge in [0.05, 0.1) is 16.9 Å². The van der Waals surface area contributed by atoms with Crippen molar-refractivity contribution in [2.75, 3.05) is 0 Å². The van der Waals surface area contributed by atoms with E-state index in [2.05, 4.69) is 5.29 Å². The summed E-state index contributed by atoms with van der Waals surface area (Å²) in [6.07, 6.45) is 0.907. The lowest BCUT2D eigenvalue weighted by atomic mass is 9.95. The first-order valence-electron chi connectivity index (χ1n) is 7.33. The van der Waals surface area contributed by atoms with Crippen LogP contribution in [-0.4, -0.2) is 21.7 Å². The highest BCUT2D eigenvalue weighted by Crippen LogP contribution is 2.40. The van der Waals surface area contributed by atoms with Gasteiger partial charge in [-0.05, 0) is 43.0 Å². The first kappa shape index (κ1) is 14.0. The fourth-order valence-corrected chi connectivity index (χ4v) is 3.37. The second-order valence-electron chi connectivity index (χ2n) is 6.36. The Morgan fingerprint density at radius 3 is 2.71 bits per heavy atom. The maximum Gasteiger partial charge on any atom is 0.102 e. The van der Waals surface area contributed by atoms with E-state index in [1.54, 1.807) is 0 Å². The van der Waals surface area contributed by atoms with Crippen LogP contribution in [0.15, 0.2) is 47.8 Å². The molecule has 1 aliphatic heterocycles. The van der Waals surface area contributed by atoms with Gasteiger partial charge in [-0.25, -0.2) is 5.01 Å². The first-order valence-corrected chi connectivity index (χ1v) is 7.33. The van der Waals surface area contributed by atoms with E-state index in [0.717, 1.165) is 29.2 Å². The summed E-state index contributed by atoms with van der Waals surface area (Å²) < 4.78 is 0. The fraction of sp³-hybridized carbons (Fsp3) is 0.412. The van der Waals surface area contributed by atoms with E-state index in [1.165, 1.54) is 5.01 Å². The van der Waals surface area contributed by atoms with E-state index < -0.39 is 6.10 Å². The number of hydrogen-bond donors (Lipinski definition) is 1. The van der Waals surface area contributed by atoms with Crippen LogP contribution in [0.3, 0.4) is 0 Å². The van der Waals surface area contributed by atoms with Crippen LogP contribution in [0.25, 0.3) is 10.8 Å². The lowest BCUT2D eigenvalue weighted by Crippen LogP contribution is -2.41. The molecule has 0 aliphatic carbocycles. The van der Waals surface area contributed by atoms with Crippen LogP contribution < -0.4 is 0 Å². The molecule has 0 saturated carbocycles. The molecule has 4 heteroatoms. The number of rotatable bonds is 3. The molecule has 1 heterocycles. The Morgan fingerprint density at radius 1 is 1.24 bits per heavy atom. The van der Waals surface area contributed by atoms with E-state index in [-0.39, 0.29) is 11.6 Å². The normalized spacial score (nSPS) is 22.4. The van der Waals surface area contributed by atoms with Crippen molar-refractivity contribution in [2.24, 2.45) is 5.29 Å². The average molecular weight is 284 g/mol. The van der Waals surface area contributed by atoms with Crippen molar-refractivity contribution in [2.45, 2.75) is 44.4 Å². The predicted octanol–water partition coefficient (Wildman–Crippen LogP) is 3.80. The van der Waals surface area contributed by atoms with Crippen LogP contribution in [0.1, 0.15) is 38.4 Å². The van der Waals surface area contributed by atoms with Gasteiger partial charge < -0.3 is 5.11 Å². The fourth-order valence-electron chi connectivity index (χ4n) is 3.37. The van der Waals surface area contributed by atoms with Gasteiger partial charge in [-0.3, -0.25) is 0 Å². The van der Waals surface area contributed by atoms with Crippen LogP contribution in [-0.2, 0) is 0 Å². The highest BCUT2D eigenvalue weighted by atomic mass is 16.3. The van der Waals surface area contributed by atoms with Gasteiger partial charge in [0.1, 0.15) is 6.10 Å². The summed E-state index contributed by atoms with van der Waals surface area (Å²) in [5.74, 6) is 0. The minimum absolute atomic E-state index is 0.261. The second-order valence-corrected chi connectivity index (χ2v) is 6.36. The Balaban J connectivity index is 2.01. The van der Waals surface area contributed by atoms with Gasteiger partial charge in [0.15, 0.2) is 0 Å². The Kier molecular flexibility index (Phi) is 3.41. The number of aliphatic hydroxyl groups excluding tert-OH is 1. The Labute approximate surface area is 124 Å². The number of hydrogen-bond acceptors (Lipinski definition) is 3. The molecule has 110 valence electrons. The molecule has 0 spiro atoms. The molecule has 1 aliphatic rings. The third kappa shape index (κ3) is 2.29. The topological polar surface area (TPSA) is 52.9 Å². The summed E-state index contributed by atoms with van der Waals surface area (Å²) in [6, 6.07) is 13.6. The van der Waals surface area contributed by atoms with Gasteiger partial charge in [-0.1, -0.05) is 42.5 Å². The zero-order valence-electron chi connectivity index (χ0n) is 12.4. The molecule has 0 amide bonds. The van der Waals surface area contributed by atoms with Crippen molar-refractivity contribution in [3.05, 3.63) is 52.9 Å². The minimum Gasteiger partial charge on any atom is -0.386 e. The summed E-state index contributed by atoms with van der Waals surface area (Å²) in [4.78, 5) is 11.2. The lowest BCUT2D eigenvalue weighted by molar-refractivity contribution is 0.0345. The Hall–Kier alpha value is -1.94. The Bertz CT molecular complexity index is 663. The number of benzene rings is 2. The summed E-state index contributed by atoms with van der Waals surface area (Å²) in [6.45, 7) is 3.98. The summed E-state index contributed by atoms with van der Waals surface area (Å²) >= 11 is 0. The van der Waals surface area contributed by atoms with Gasteiger partial charge in [0.2, 0.25) is 0 Å². The quantitative estimate of drug-likeness (QED) is 0.872. The molecular formula is C17H20N2O2. The third-order valence-electron chi connectivity index (χ3n) is 4.58. The van der Waals surface area contributed by atoms with Gasteiger partial charge >= 0.3 is 0 Å². The van der Waals surface area contributed by atoms with Crippen molar-refractivity contribution < 1.29 is 5.11 Å². The van der Waals surface area contributed by atoms with Gasteiger partial charge in [0.25, 0.3) is 0 Å². The van der Waals surface area contributed by atoms with Crippen LogP contribution in [0.5, 0.6) is 0 Å². The number of fused-ring (bicyclic) bond motifs is 1. The molecule has 0 radical (unpaired) electrons. The molecule has 1 N–H and O–H groups in total. The predicted molar refractivity (Wildman–Crippen MR) is 83.6 cm³/mol. The van der Waals surface area contributed by atoms with Crippen molar-refractivity contribution in [3.8, 4) is 0 Å². The van der Waals surface area contributed by atoms with Crippen molar-refractivity contribution in [3.63, 3.8) is 0 Å². The molecule has 2 unspecified atom stereocenters. The first-order chi connectivity index (χ1) is 10.0. The molecule has 4 nitrogen and oxygen atoms in total. The monoisotopic (exact) mass is 284 g/mol. The number of nitroso groups, excluding NO2 is 1. The summed E-state index contributed by atoms with van der Waals surface area (Å²) in [5, 5.41) is 17.6. The van der Waals surface area contributed by atoms with Crippen LogP contribution in [0.2, 0.25) is 0 Å². The zero-order valence-corrected chi connectivity index (χ0v) is 12.4. The van der Waals surface area contributed by atoms with E-state index in [9.17, 15) is 10.0 Å². The molecule has 2 aromatic rings. The van der Waals surface area contributed by atoms with Gasteiger partial charge in [-0.15, -0.1) is 4.91 Å². The second kappa shape index (κ2) is 5.11. The number of nitrogens with zero attached hydrogens (tertiary/aromatic N) is 2. The SMILES string of the molecule is CC1(C)CCC(C(O)c2cccc3ccccc23)N1N=O. The van der Waals surface area contributed by atoms with Crippen LogP contribution in [0.4, 0.5) is 0 Å². The highest BCUT2D eigenvalue weighted by molar-refractivity contribution is 5.86. The smallest absolute Gasteiger partial charge is 0.102 e. The molecule has 3 rings (SSSR count). The number of aliphatic hydroxyl groups is 1. The molecule has 0 bridgehead atoms. The molecule has 1 fully saturated rings. The molecule has 2 atom stereocenters. The summed E-state index contributed by atoms with van der Waals surface area (Å²) in [7, 11) is 0. The largest absolute Gasteiger partial charge is 0.386 e. The van der Waals surface area contributed by atoms with Crippen molar-refractivity contribution in [1.82, 2.24) is 5.01 Å². The Morgan fingerprint density at radius 2 is 1.95 bits per heavy atom. The van der Waals surface area contributed by atoms with E-state index in [4.69, 9.17) is 0 Å². The average Bonchev–Trinajstić information content (AvgIpc) is 2.80. The van der Waals surface area contributed by atoms with Gasteiger partial charge in [-0.2, -0.15) is 0 Å². The molecule has 21 heavy (non-hydrogen) atoms. The molecule has 1 saturated heterocycles. The maximum absolute atomic E-state index is 11.2.